The Morgan fingerprint density at radius 1 is 1.50 bits per heavy atom. The second-order valence-electron chi connectivity index (χ2n) is 3.75. The third-order valence-corrected chi connectivity index (χ3v) is 3.65. The molecular weight excluding hydrogens is 338 g/mol. The number of pyridine rings is 1. The predicted octanol–water partition coefficient (Wildman–Crippen LogP) is 1.92. The number of nitrogens with zero attached hydrogens (tertiary/aromatic N) is 2. The minimum Gasteiger partial charge on any atom is -0.330 e. The maximum absolute atomic E-state index is 11.8. The average Bonchev–Trinajstić information content (AvgIpc) is 2.60. The summed E-state index contributed by atoms with van der Waals surface area (Å²) in [4.78, 5) is 17.7. The summed E-state index contributed by atoms with van der Waals surface area (Å²) < 4.78 is 1.41. The minimum absolute atomic E-state index is 0.111. The number of anilines is 1. The number of halogens is 2. The number of carbonyl (C=O) groups is 1. The molecule has 0 bridgehead atoms. The molecule has 1 aromatic rings. The molecule has 1 fully saturated rings. The largest absolute Gasteiger partial charge is 0.330 e. The summed E-state index contributed by atoms with van der Waals surface area (Å²) in [6.45, 7) is 1.22. The van der Waals surface area contributed by atoms with Crippen molar-refractivity contribution in [1.29, 1.82) is 0 Å². The number of amides is 1. The standard InChI is InChI=1S/C10H11Br2N3O/c11-8-2-1-7(10(12)14-8)15-5-6(4-13)3-9(15)16/h1-2,6H,3-5,13H2. The van der Waals surface area contributed by atoms with Gasteiger partial charge in [0.25, 0.3) is 0 Å². The first-order chi connectivity index (χ1) is 7.61. The molecule has 4 nitrogen and oxygen atoms in total. The van der Waals surface area contributed by atoms with Gasteiger partial charge < -0.3 is 10.6 Å². The Bertz CT molecular complexity index is 425. The van der Waals surface area contributed by atoms with Gasteiger partial charge in [0, 0.05) is 13.0 Å². The fourth-order valence-electron chi connectivity index (χ4n) is 1.78. The van der Waals surface area contributed by atoms with Gasteiger partial charge in [-0.1, -0.05) is 0 Å². The van der Waals surface area contributed by atoms with Crippen molar-refractivity contribution >= 4 is 43.5 Å². The third kappa shape index (κ3) is 2.28. The predicted molar refractivity (Wildman–Crippen MR) is 69.2 cm³/mol. The van der Waals surface area contributed by atoms with Crippen molar-refractivity contribution in [3.05, 3.63) is 21.3 Å². The van der Waals surface area contributed by atoms with Gasteiger partial charge in [-0.05, 0) is 56.5 Å². The van der Waals surface area contributed by atoms with E-state index in [0.29, 0.717) is 24.1 Å². The van der Waals surface area contributed by atoms with E-state index < -0.39 is 0 Å². The Balaban J connectivity index is 2.28. The summed E-state index contributed by atoms with van der Waals surface area (Å²) in [5.41, 5.74) is 6.39. The molecule has 1 aliphatic heterocycles. The lowest BCUT2D eigenvalue weighted by atomic mass is 10.1. The van der Waals surface area contributed by atoms with Crippen molar-refractivity contribution in [2.75, 3.05) is 18.0 Å². The van der Waals surface area contributed by atoms with Crippen molar-refractivity contribution in [3.8, 4) is 0 Å². The molecule has 1 unspecified atom stereocenters. The minimum atomic E-state index is 0.111. The molecule has 2 N–H and O–H groups in total. The van der Waals surface area contributed by atoms with Gasteiger partial charge in [-0.2, -0.15) is 0 Å². The maximum Gasteiger partial charge on any atom is 0.227 e. The van der Waals surface area contributed by atoms with Gasteiger partial charge in [0.05, 0.1) is 5.69 Å². The van der Waals surface area contributed by atoms with Crippen molar-refractivity contribution in [1.82, 2.24) is 4.98 Å². The molecule has 1 atom stereocenters. The monoisotopic (exact) mass is 347 g/mol. The van der Waals surface area contributed by atoms with Gasteiger partial charge in [-0.15, -0.1) is 0 Å². The third-order valence-electron chi connectivity index (χ3n) is 2.62. The first kappa shape index (κ1) is 12.0. The molecule has 0 spiro atoms. The Morgan fingerprint density at radius 2 is 2.25 bits per heavy atom. The van der Waals surface area contributed by atoms with Crippen molar-refractivity contribution in [2.24, 2.45) is 11.7 Å². The SMILES string of the molecule is NCC1CC(=O)N(c2ccc(Br)nc2Br)C1. The van der Waals surface area contributed by atoms with Crippen LogP contribution in [0.4, 0.5) is 5.69 Å². The quantitative estimate of drug-likeness (QED) is 0.830. The van der Waals surface area contributed by atoms with E-state index in [2.05, 4.69) is 36.8 Å². The molecule has 1 aliphatic rings. The topological polar surface area (TPSA) is 59.2 Å². The lowest BCUT2D eigenvalue weighted by Gasteiger charge is -2.17. The molecule has 86 valence electrons. The number of aromatic nitrogens is 1. The summed E-state index contributed by atoms with van der Waals surface area (Å²) in [6, 6.07) is 3.70. The summed E-state index contributed by atoms with van der Waals surface area (Å²) in [5, 5.41) is 0. The van der Waals surface area contributed by atoms with E-state index >= 15 is 0 Å². The number of hydrogen-bond donors (Lipinski definition) is 1. The van der Waals surface area contributed by atoms with E-state index in [1.807, 2.05) is 12.1 Å². The van der Waals surface area contributed by atoms with Crippen LogP contribution in [0.25, 0.3) is 0 Å². The van der Waals surface area contributed by atoms with Crippen LogP contribution in [0.2, 0.25) is 0 Å². The summed E-state index contributed by atoms with van der Waals surface area (Å²) >= 11 is 6.64. The van der Waals surface area contributed by atoms with Crippen LogP contribution in [0.1, 0.15) is 6.42 Å². The van der Waals surface area contributed by atoms with Crippen molar-refractivity contribution in [3.63, 3.8) is 0 Å². The van der Waals surface area contributed by atoms with Crippen LogP contribution in [0.5, 0.6) is 0 Å². The zero-order valence-corrected chi connectivity index (χ0v) is 11.7. The average molecular weight is 349 g/mol. The van der Waals surface area contributed by atoms with Gasteiger partial charge in [0.1, 0.15) is 9.21 Å². The number of carbonyl (C=O) groups excluding carboxylic acids is 1. The lowest BCUT2D eigenvalue weighted by Crippen LogP contribution is -2.26. The molecule has 2 heterocycles. The van der Waals surface area contributed by atoms with Crippen LogP contribution in [-0.2, 0) is 4.79 Å². The van der Waals surface area contributed by atoms with Crippen molar-refractivity contribution in [2.45, 2.75) is 6.42 Å². The number of hydrogen-bond acceptors (Lipinski definition) is 3. The number of rotatable bonds is 2. The second-order valence-corrected chi connectivity index (χ2v) is 5.32. The highest BCUT2D eigenvalue weighted by molar-refractivity contribution is 9.11. The van der Waals surface area contributed by atoms with E-state index in [1.165, 1.54) is 0 Å². The van der Waals surface area contributed by atoms with E-state index in [0.717, 1.165) is 10.3 Å². The molecular formula is C10H11Br2N3O. The smallest absolute Gasteiger partial charge is 0.227 e. The molecule has 16 heavy (non-hydrogen) atoms. The van der Waals surface area contributed by atoms with Gasteiger partial charge in [-0.3, -0.25) is 4.79 Å². The second kappa shape index (κ2) is 4.81. The van der Waals surface area contributed by atoms with Gasteiger partial charge in [-0.25, -0.2) is 4.98 Å². The molecule has 1 amide bonds. The molecule has 1 saturated heterocycles. The van der Waals surface area contributed by atoms with Crippen molar-refractivity contribution < 1.29 is 4.79 Å². The molecule has 1 aromatic heterocycles. The summed E-state index contributed by atoms with van der Waals surface area (Å²) in [6.07, 6.45) is 0.527. The Kier molecular flexibility index (Phi) is 3.61. The Labute approximate surface area is 110 Å². The summed E-state index contributed by atoms with van der Waals surface area (Å²) in [5.74, 6) is 0.364. The van der Waals surface area contributed by atoms with Crippen LogP contribution >= 0.6 is 31.9 Å². The van der Waals surface area contributed by atoms with E-state index in [9.17, 15) is 4.79 Å². The molecule has 0 radical (unpaired) electrons. The van der Waals surface area contributed by atoms with Crippen LogP contribution in [0.15, 0.2) is 21.3 Å². The fraction of sp³-hybridized carbons (Fsp3) is 0.400. The van der Waals surface area contributed by atoms with Gasteiger partial charge in [0.15, 0.2) is 0 Å². The first-order valence-electron chi connectivity index (χ1n) is 4.94. The maximum atomic E-state index is 11.8. The van der Waals surface area contributed by atoms with E-state index in [-0.39, 0.29) is 11.8 Å². The fourth-order valence-corrected chi connectivity index (χ4v) is 2.86. The van der Waals surface area contributed by atoms with E-state index in [4.69, 9.17) is 5.73 Å². The zero-order chi connectivity index (χ0) is 11.7. The normalized spacial score (nSPS) is 20.6. The highest BCUT2D eigenvalue weighted by Gasteiger charge is 2.30. The van der Waals surface area contributed by atoms with Gasteiger partial charge >= 0.3 is 0 Å². The number of nitrogens with two attached hydrogens (primary N) is 1. The van der Waals surface area contributed by atoms with Crippen LogP contribution < -0.4 is 10.6 Å². The first-order valence-corrected chi connectivity index (χ1v) is 6.53. The highest BCUT2D eigenvalue weighted by atomic mass is 79.9. The lowest BCUT2D eigenvalue weighted by molar-refractivity contribution is -0.117. The molecule has 6 heteroatoms. The summed E-state index contributed by atoms with van der Waals surface area (Å²) in [7, 11) is 0. The van der Waals surface area contributed by atoms with Crippen LogP contribution in [-0.4, -0.2) is 24.0 Å². The van der Waals surface area contributed by atoms with Crippen LogP contribution in [0, 0.1) is 5.92 Å². The molecule has 2 rings (SSSR count). The zero-order valence-electron chi connectivity index (χ0n) is 8.49. The van der Waals surface area contributed by atoms with Crippen LogP contribution in [0.3, 0.4) is 0 Å². The van der Waals surface area contributed by atoms with E-state index in [1.54, 1.807) is 4.90 Å². The van der Waals surface area contributed by atoms with Gasteiger partial charge in [0.2, 0.25) is 5.91 Å². The molecule has 0 aromatic carbocycles. The highest BCUT2D eigenvalue weighted by Crippen LogP contribution is 2.30. The Morgan fingerprint density at radius 3 is 2.81 bits per heavy atom. The molecule has 0 aliphatic carbocycles. The molecule has 0 saturated carbocycles. The Hall–Kier alpha value is -0.460.